The summed E-state index contributed by atoms with van der Waals surface area (Å²) in [5.41, 5.74) is 2.05. The lowest BCUT2D eigenvalue weighted by atomic mass is 10.2. The van der Waals surface area contributed by atoms with Crippen molar-refractivity contribution < 1.29 is 4.74 Å². The molecule has 1 N–H and O–H groups in total. The van der Waals surface area contributed by atoms with Crippen molar-refractivity contribution in [1.82, 2.24) is 9.97 Å². The summed E-state index contributed by atoms with van der Waals surface area (Å²) in [6.07, 6.45) is 5.05. The third-order valence-corrected chi connectivity index (χ3v) is 2.80. The Bertz CT molecular complexity index is 582. The molecule has 0 spiro atoms. The van der Waals surface area contributed by atoms with Gasteiger partial charge in [0.25, 0.3) is 0 Å². The third-order valence-electron chi connectivity index (χ3n) is 2.80. The minimum atomic E-state index is 0.485. The third kappa shape index (κ3) is 5.26. The lowest BCUT2D eigenvalue weighted by Gasteiger charge is -2.07. The minimum absolute atomic E-state index is 0.485. The lowest BCUT2D eigenvalue weighted by molar-refractivity contribution is 0.348. The van der Waals surface area contributed by atoms with Crippen molar-refractivity contribution in [2.75, 3.05) is 18.5 Å². The molecule has 1 aromatic heterocycles. The number of ether oxygens (including phenoxy) is 1. The van der Waals surface area contributed by atoms with Crippen molar-refractivity contribution in [2.45, 2.75) is 20.3 Å². The summed E-state index contributed by atoms with van der Waals surface area (Å²) < 4.78 is 5.65. The van der Waals surface area contributed by atoms with Crippen LogP contribution in [0.5, 0.6) is 5.88 Å². The maximum atomic E-state index is 5.65. The maximum absolute atomic E-state index is 5.65. The smallest absolute Gasteiger partial charge is 0.226 e. The molecule has 4 nitrogen and oxygen atoms in total. The first-order valence-electron chi connectivity index (χ1n) is 7.22. The van der Waals surface area contributed by atoms with E-state index in [0.717, 1.165) is 24.2 Å². The highest BCUT2D eigenvalue weighted by Crippen LogP contribution is 2.12. The van der Waals surface area contributed by atoms with Crippen LogP contribution in [-0.4, -0.2) is 23.1 Å². The normalized spacial score (nSPS) is 10.8. The van der Waals surface area contributed by atoms with Crippen molar-refractivity contribution in [3.63, 3.8) is 0 Å². The van der Waals surface area contributed by atoms with E-state index in [4.69, 9.17) is 4.74 Å². The monoisotopic (exact) mass is 283 g/mol. The van der Waals surface area contributed by atoms with Gasteiger partial charge >= 0.3 is 0 Å². The predicted molar refractivity (Wildman–Crippen MR) is 86.5 cm³/mol. The Kier molecular flexibility index (Phi) is 5.76. The van der Waals surface area contributed by atoms with Crippen LogP contribution in [0.4, 0.5) is 5.95 Å². The second-order valence-electron chi connectivity index (χ2n) is 4.72. The van der Waals surface area contributed by atoms with E-state index in [-0.39, 0.29) is 0 Å². The average molecular weight is 283 g/mol. The molecule has 0 bridgehead atoms. The minimum Gasteiger partial charge on any atom is -0.473 e. The molecular weight excluding hydrogens is 262 g/mol. The Morgan fingerprint density at radius 2 is 2.00 bits per heavy atom. The summed E-state index contributed by atoms with van der Waals surface area (Å²) in [6, 6.07) is 12.0. The van der Waals surface area contributed by atoms with Gasteiger partial charge in [-0.25, -0.2) is 4.98 Å². The van der Waals surface area contributed by atoms with Crippen LogP contribution in [0, 0.1) is 6.92 Å². The van der Waals surface area contributed by atoms with Gasteiger partial charge in [0, 0.05) is 18.3 Å². The first-order chi connectivity index (χ1) is 10.3. The Labute approximate surface area is 125 Å². The number of nitrogens with zero attached hydrogens (tertiary/aromatic N) is 2. The molecule has 2 rings (SSSR count). The Balaban J connectivity index is 1.90. The highest BCUT2D eigenvalue weighted by atomic mass is 16.5. The molecular formula is C17H21N3O. The summed E-state index contributed by atoms with van der Waals surface area (Å²) in [4.78, 5) is 8.66. The topological polar surface area (TPSA) is 47.0 Å². The van der Waals surface area contributed by atoms with Crippen molar-refractivity contribution in [3.05, 3.63) is 53.7 Å². The van der Waals surface area contributed by atoms with E-state index in [1.807, 2.05) is 43.3 Å². The van der Waals surface area contributed by atoms with E-state index < -0.39 is 0 Å². The molecule has 110 valence electrons. The Morgan fingerprint density at radius 1 is 1.19 bits per heavy atom. The number of rotatable bonds is 7. The fourth-order valence-corrected chi connectivity index (χ4v) is 1.81. The zero-order valence-electron chi connectivity index (χ0n) is 12.5. The van der Waals surface area contributed by atoms with Crippen LogP contribution >= 0.6 is 0 Å². The molecule has 0 radical (unpaired) electrons. The number of aryl methyl sites for hydroxylation is 1. The number of anilines is 1. The van der Waals surface area contributed by atoms with E-state index >= 15 is 0 Å². The number of hydrogen-bond donors (Lipinski definition) is 1. The molecule has 1 aromatic carbocycles. The maximum Gasteiger partial charge on any atom is 0.226 e. The second-order valence-corrected chi connectivity index (χ2v) is 4.72. The van der Waals surface area contributed by atoms with Gasteiger partial charge in [-0.2, -0.15) is 4.98 Å². The number of benzene rings is 1. The Morgan fingerprint density at radius 3 is 2.76 bits per heavy atom. The molecule has 0 aliphatic rings. The van der Waals surface area contributed by atoms with Gasteiger partial charge in [0.05, 0.1) is 0 Å². The molecule has 0 aliphatic carbocycles. The molecule has 0 saturated carbocycles. The number of nitrogens with one attached hydrogen (secondary N) is 1. The number of aromatic nitrogens is 2. The molecule has 1 heterocycles. The van der Waals surface area contributed by atoms with E-state index in [2.05, 4.69) is 34.3 Å². The highest BCUT2D eigenvalue weighted by Gasteiger charge is 2.01. The van der Waals surface area contributed by atoms with Crippen LogP contribution in [0.1, 0.15) is 24.6 Å². The van der Waals surface area contributed by atoms with Crippen LogP contribution in [-0.2, 0) is 0 Å². The molecule has 21 heavy (non-hydrogen) atoms. The summed E-state index contributed by atoms with van der Waals surface area (Å²) >= 11 is 0. The summed E-state index contributed by atoms with van der Waals surface area (Å²) in [7, 11) is 0. The van der Waals surface area contributed by atoms with Gasteiger partial charge in [0.1, 0.15) is 6.61 Å². The largest absolute Gasteiger partial charge is 0.473 e. The first kappa shape index (κ1) is 15.0. The fourth-order valence-electron chi connectivity index (χ4n) is 1.81. The summed E-state index contributed by atoms with van der Waals surface area (Å²) in [5, 5.41) is 3.17. The fraction of sp³-hybridized carbons (Fsp3) is 0.294. The molecule has 0 saturated heterocycles. The molecule has 2 aromatic rings. The van der Waals surface area contributed by atoms with Crippen LogP contribution in [0.3, 0.4) is 0 Å². The SMILES string of the molecule is CCCNc1nc(C)cc(OC/C=C/c2ccccc2)n1. The van der Waals surface area contributed by atoms with Gasteiger partial charge in [0.2, 0.25) is 11.8 Å². The molecule has 0 fully saturated rings. The van der Waals surface area contributed by atoms with Crippen LogP contribution < -0.4 is 10.1 Å². The molecule has 4 heteroatoms. The van der Waals surface area contributed by atoms with Crippen molar-refractivity contribution in [1.29, 1.82) is 0 Å². The highest BCUT2D eigenvalue weighted by molar-refractivity contribution is 5.48. The lowest BCUT2D eigenvalue weighted by Crippen LogP contribution is -2.06. The molecule has 0 aliphatic heterocycles. The van der Waals surface area contributed by atoms with E-state index in [1.165, 1.54) is 0 Å². The van der Waals surface area contributed by atoms with Crippen LogP contribution in [0.25, 0.3) is 6.08 Å². The van der Waals surface area contributed by atoms with Gasteiger partial charge in [-0.05, 0) is 25.0 Å². The summed E-state index contributed by atoms with van der Waals surface area (Å²) in [5.74, 6) is 1.22. The van der Waals surface area contributed by atoms with Gasteiger partial charge in [-0.3, -0.25) is 0 Å². The predicted octanol–water partition coefficient (Wildman–Crippen LogP) is 3.70. The molecule has 0 atom stereocenters. The molecule has 0 unspecified atom stereocenters. The zero-order valence-corrected chi connectivity index (χ0v) is 12.5. The van der Waals surface area contributed by atoms with Gasteiger partial charge < -0.3 is 10.1 Å². The van der Waals surface area contributed by atoms with Gasteiger partial charge in [0.15, 0.2) is 0 Å². The van der Waals surface area contributed by atoms with E-state index in [0.29, 0.717) is 18.4 Å². The number of hydrogen-bond acceptors (Lipinski definition) is 4. The quantitative estimate of drug-likeness (QED) is 0.841. The summed E-state index contributed by atoms with van der Waals surface area (Å²) in [6.45, 7) is 5.38. The second kappa shape index (κ2) is 8.04. The van der Waals surface area contributed by atoms with Gasteiger partial charge in [-0.15, -0.1) is 0 Å². The van der Waals surface area contributed by atoms with E-state index in [9.17, 15) is 0 Å². The van der Waals surface area contributed by atoms with Crippen molar-refractivity contribution in [3.8, 4) is 5.88 Å². The Hall–Kier alpha value is -2.36. The van der Waals surface area contributed by atoms with Gasteiger partial charge in [-0.1, -0.05) is 43.3 Å². The van der Waals surface area contributed by atoms with E-state index in [1.54, 1.807) is 0 Å². The van der Waals surface area contributed by atoms with Crippen LogP contribution in [0.2, 0.25) is 0 Å². The van der Waals surface area contributed by atoms with Crippen LogP contribution in [0.15, 0.2) is 42.5 Å². The first-order valence-corrected chi connectivity index (χ1v) is 7.22. The molecule has 0 amide bonds. The standard InChI is InChI=1S/C17H21N3O/c1-3-11-18-17-19-14(2)13-16(20-17)21-12-7-10-15-8-5-4-6-9-15/h4-10,13H,3,11-12H2,1-2H3,(H,18,19,20)/b10-7+. The average Bonchev–Trinajstić information content (AvgIpc) is 2.50. The zero-order chi connectivity index (χ0) is 14.9. The van der Waals surface area contributed by atoms with Crippen molar-refractivity contribution >= 4 is 12.0 Å². The van der Waals surface area contributed by atoms with Crippen molar-refractivity contribution in [2.24, 2.45) is 0 Å².